The molecule has 1 atom stereocenters. The Bertz CT molecular complexity index is 1580. The SMILES string of the molecule is CCOC(=O)C1=C(C)N=c2s/c(=C/c3ccc(C(=O)OC)cc3)c(=O)n2[C@H]1c1cccc(OC)c1OCC. The van der Waals surface area contributed by atoms with Crippen LogP contribution in [0.1, 0.15) is 48.3 Å². The molecule has 0 saturated heterocycles. The highest BCUT2D eigenvalue weighted by atomic mass is 32.1. The Kier molecular flexibility index (Phi) is 8.11. The first kappa shape index (κ1) is 26.9. The fourth-order valence-corrected chi connectivity index (χ4v) is 5.32. The summed E-state index contributed by atoms with van der Waals surface area (Å²) in [5, 5.41) is 0. The van der Waals surface area contributed by atoms with Crippen LogP contribution in [0, 0.1) is 0 Å². The number of carbonyl (C=O) groups excluding carboxylic acids is 2. The first-order chi connectivity index (χ1) is 18.3. The zero-order valence-corrected chi connectivity index (χ0v) is 22.6. The van der Waals surface area contributed by atoms with Gasteiger partial charge < -0.3 is 18.9 Å². The molecule has 0 spiro atoms. The van der Waals surface area contributed by atoms with E-state index in [0.717, 1.165) is 5.56 Å². The van der Waals surface area contributed by atoms with Crippen LogP contribution in [-0.2, 0) is 14.3 Å². The normalized spacial score (nSPS) is 15.0. The maximum atomic E-state index is 13.8. The number of esters is 2. The highest BCUT2D eigenvalue weighted by molar-refractivity contribution is 7.07. The van der Waals surface area contributed by atoms with E-state index >= 15 is 0 Å². The third-order valence-electron chi connectivity index (χ3n) is 5.96. The van der Waals surface area contributed by atoms with Crippen LogP contribution < -0.4 is 24.4 Å². The maximum absolute atomic E-state index is 13.8. The summed E-state index contributed by atoms with van der Waals surface area (Å²) in [4.78, 5) is 43.8. The summed E-state index contributed by atoms with van der Waals surface area (Å²) in [6, 6.07) is 11.2. The van der Waals surface area contributed by atoms with Crippen LogP contribution in [0.15, 0.2) is 63.5 Å². The molecule has 2 aromatic carbocycles. The summed E-state index contributed by atoms with van der Waals surface area (Å²) in [5.41, 5.74) is 2.09. The Hall–Kier alpha value is -4.18. The van der Waals surface area contributed by atoms with Crippen LogP contribution in [0.2, 0.25) is 0 Å². The number of hydrogen-bond donors (Lipinski definition) is 0. The minimum absolute atomic E-state index is 0.171. The number of thiazole rings is 1. The van der Waals surface area contributed by atoms with Crippen molar-refractivity contribution in [3.8, 4) is 11.5 Å². The number of carbonyl (C=O) groups is 2. The summed E-state index contributed by atoms with van der Waals surface area (Å²) in [7, 11) is 2.85. The van der Waals surface area contributed by atoms with Gasteiger partial charge in [-0.1, -0.05) is 35.6 Å². The van der Waals surface area contributed by atoms with Gasteiger partial charge in [-0.2, -0.15) is 0 Å². The molecule has 0 unspecified atom stereocenters. The van der Waals surface area contributed by atoms with Gasteiger partial charge in [0, 0.05) is 5.56 Å². The fraction of sp³-hybridized carbons (Fsp3) is 0.286. The van der Waals surface area contributed by atoms with Crippen molar-refractivity contribution < 1.29 is 28.5 Å². The second-order valence-electron chi connectivity index (χ2n) is 8.23. The van der Waals surface area contributed by atoms with Crippen LogP contribution in [-0.4, -0.2) is 43.9 Å². The van der Waals surface area contributed by atoms with Gasteiger partial charge in [0.15, 0.2) is 16.3 Å². The maximum Gasteiger partial charge on any atom is 0.338 e. The molecule has 0 bridgehead atoms. The lowest BCUT2D eigenvalue weighted by Crippen LogP contribution is -2.40. The van der Waals surface area contributed by atoms with Gasteiger partial charge in [-0.25, -0.2) is 14.6 Å². The summed E-state index contributed by atoms with van der Waals surface area (Å²) >= 11 is 1.21. The number of hydrogen-bond acceptors (Lipinski definition) is 9. The van der Waals surface area contributed by atoms with Crippen molar-refractivity contribution in [2.24, 2.45) is 4.99 Å². The number of allylic oxidation sites excluding steroid dienone is 1. The van der Waals surface area contributed by atoms with Gasteiger partial charge in [0.05, 0.1) is 48.8 Å². The molecule has 0 amide bonds. The Morgan fingerprint density at radius 2 is 1.79 bits per heavy atom. The highest BCUT2D eigenvalue weighted by Gasteiger charge is 2.35. The van der Waals surface area contributed by atoms with Crippen molar-refractivity contribution in [1.82, 2.24) is 4.57 Å². The predicted molar refractivity (Wildman–Crippen MR) is 142 cm³/mol. The van der Waals surface area contributed by atoms with Gasteiger partial charge in [0.2, 0.25) is 0 Å². The standard InChI is InChI=1S/C28H28N2O7S/c1-6-36-24-19(9-8-10-20(24)34-4)23-22(27(33)37-7-2)16(3)29-28-30(23)25(31)21(38-28)15-17-11-13-18(14-12-17)26(32)35-5/h8-15,23H,6-7H2,1-5H3/b21-15+/t23-/m0/s1. The molecule has 1 aromatic heterocycles. The molecule has 0 saturated carbocycles. The van der Waals surface area contributed by atoms with E-state index in [1.807, 2.05) is 6.92 Å². The summed E-state index contributed by atoms with van der Waals surface area (Å²) in [6.07, 6.45) is 1.72. The van der Waals surface area contributed by atoms with Gasteiger partial charge in [-0.05, 0) is 50.6 Å². The number of para-hydroxylation sites is 1. The number of nitrogens with zero attached hydrogens (tertiary/aromatic N) is 2. The number of methoxy groups -OCH3 is 2. The Morgan fingerprint density at radius 3 is 2.42 bits per heavy atom. The molecule has 0 fully saturated rings. The number of aromatic nitrogens is 1. The smallest absolute Gasteiger partial charge is 0.338 e. The van der Waals surface area contributed by atoms with Crippen LogP contribution in [0.3, 0.4) is 0 Å². The minimum Gasteiger partial charge on any atom is -0.493 e. The Morgan fingerprint density at radius 1 is 1.05 bits per heavy atom. The third kappa shape index (κ3) is 4.99. The topological polar surface area (TPSA) is 105 Å². The minimum atomic E-state index is -0.842. The Labute approximate surface area is 223 Å². The molecule has 2 heterocycles. The molecule has 1 aliphatic heterocycles. The number of ether oxygens (including phenoxy) is 4. The van der Waals surface area contributed by atoms with Gasteiger partial charge in [0.1, 0.15) is 6.04 Å². The van der Waals surface area contributed by atoms with Crippen LogP contribution in [0.25, 0.3) is 6.08 Å². The second-order valence-corrected chi connectivity index (χ2v) is 9.24. The van der Waals surface area contributed by atoms with Crippen molar-refractivity contribution >= 4 is 29.4 Å². The fourth-order valence-electron chi connectivity index (χ4n) is 4.28. The molecule has 9 nitrogen and oxygen atoms in total. The molecule has 4 rings (SSSR count). The molecule has 38 heavy (non-hydrogen) atoms. The monoisotopic (exact) mass is 536 g/mol. The van der Waals surface area contributed by atoms with E-state index in [9.17, 15) is 14.4 Å². The zero-order chi connectivity index (χ0) is 27.4. The quantitative estimate of drug-likeness (QED) is 0.408. The first-order valence-electron chi connectivity index (χ1n) is 12.0. The van der Waals surface area contributed by atoms with E-state index in [2.05, 4.69) is 4.99 Å². The zero-order valence-electron chi connectivity index (χ0n) is 21.8. The molecule has 198 valence electrons. The lowest BCUT2D eigenvalue weighted by Gasteiger charge is -2.26. The first-order valence-corrected chi connectivity index (χ1v) is 12.8. The molecule has 0 aliphatic carbocycles. The molecule has 0 radical (unpaired) electrons. The molecule has 0 N–H and O–H groups in total. The second kappa shape index (κ2) is 11.5. The molecule has 1 aliphatic rings. The highest BCUT2D eigenvalue weighted by Crippen LogP contribution is 2.40. The average molecular weight is 537 g/mol. The number of rotatable bonds is 8. The molecular formula is C28H28N2O7S. The van der Waals surface area contributed by atoms with Crippen LogP contribution >= 0.6 is 11.3 Å². The van der Waals surface area contributed by atoms with Gasteiger partial charge in [-0.15, -0.1) is 0 Å². The largest absolute Gasteiger partial charge is 0.493 e. The average Bonchev–Trinajstić information content (AvgIpc) is 3.22. The summed E-state index contributed by atoms with van der Waals surface area (Å²) < 4.78 is 23.5. The molecule has 3 aromatic rings. The van der Waals surface area contributed by atoms with E-state index in [1.165, 1.54) is 30.1 Å². The van der Waals surface area contributed by atoms with Crippen molar-refractivity contribution in [2.75, 3.05) is 27.4 Å². The number of fused-ring (bicyclic) bond motifs is 1. The van der Waals surface area contributed by atoms with E-state index in [0.29, 0.717) is 44.3 Å². The van der Waals surface area contributed by atoms with Gasteiger partial charge in [-0.3, -0.25) is 9.36 Å². The predicted octanol–water partition coefficient (Wildman–Crippen LogP) is 2.99. The van der Waals surface area contributed by atoms with Crippen molar-refractivity contribution in [1.29, 1.82) is 0 Å². The summed E-state index contributed by atoms with van der Waals surface area (Å²) in [5.74, 6) is -0.0833. The molecular weight excluding hydrogens is 508 g/mol. The number of benzene rings is 2. The van der Waals surface area contributed by atoms with Crippen LogP contribution in [0.5, 0.6) is 11.5 Å². The van der Waals surface area contributed by atoms with Crippen molar-refractivity contribution in [2.45, 2.75) is 26.8 Å². The lowest BCUT2D eigenvalue weighted by atomic mass is 9.94. The third-order valence-corrected chi connectivity index (χ3v) is 6.94. The van der Waals surface area contributed by atoms with E-state index < -0.39 is 18.0 Å². The molecule has 10 heteroatoms. The lowest BCUT2D eigenvalue weighted by molar-refractivity contribution is -0.139. The van der Waals surface area contributed by atoms with E-state index in [-0.39, 0.29) is 17.7 Å². The van der Waals surface area contributed by atoms with Crippen LogP contribution in [0.4, 0.5) is 0 Å². The van der Waals surface area contributed by atoms with E-state index in [1.54, 1.807) is 62.4 Å². The Balaban J connectivity index is 1.95. The van der Waals surface area contributed by atoms with Gasteiger partial charge >= 0.3 is 11.9 Å². The van der Waals surface area contributed by atoms with Gasteiger partial charge in [0.25, 0.3) is 5.56 Å². The van der Waals surface area contributed by atoms with E-state index in [4.69, 9.17) is 18.9 Å². The summed E-state index contributed by atoms with van der Waals surface area (Å²) in [6.45, 7) is 5.82. The van der Waals surface area contributed by atoms with Crippen molar-refractivity contribution in [3.63, 3.8) is 0 Å². The van der Waals surface area contributed by atoms with Crippen molar-refractivity contribution in [3.05, 3.63) is 90.1 Å².